The second-order valence-electron chi connectivity index (χ2n) is 6.16. The predicted octanol–water partition coefficient (Wildman–Crippen LogP) is 2.09. The van der Waals surface area contributed by atoms with Crippen LogP contribution >= 0.6 is 0 Å². The van der Waals surface area contributed by atoms with Gasteiger partial charge in [-0.25, -0.2) is 4.79 Å². The third kappa shape index (κ3) is 5.25. The van der Waals surface area contributed by atoms with Crippen molar-refractivity contribution in [3.05, 3.63) is 22.5 Å². The van der Waals surface area contributed by atoms with Crippen molar-refractivity contribution < 1.29 is 14.5 Å². The van der Waals surface area contributed by atoms with Gasteiger partial charge in [-0.3, -0.25) is 14.8 Å². The molecule has 1 amide bonds. The molecule has 8 heteroatoms. The molecule has 1 aromatic rings. The lowest BCUT2D eigenvalue weighted by atomic mass is 10.1. The van der Waals surface area contributed by atoms with Gasteiger partial charge in [-0.15, -0.1) is 0 Å². The number of nitrogens with zero attached hydrogens (tertiary/aromatic N) is 3. The predicted molar refractivity (Wildman–Crippen MR) is 72.3 cm³/mol. The molecule has 0 aliphatic carbocycles. The number of amides is 1. The average molecular weight is 284 g/mol. The summed E-state index contributed by atoms with van der Waals surface area (Å²) >= 11 is 0. The van der Waals surface area contributed by atoms with Gasteiger partial charge in [-0.2, -0.15) is 5.10 Å². The third-order valence-electron chi connectivity index (χ3n) is 2.23. The fourth-order valence-electron chi connectivity index (χ4n) is 1.56. The molecule has 0 bridgehead atoms. The normalized spacial score (nSPS) is 12.1. The average Bonchev–Trinajstić information content (AvgIpc) is 2.60. The highest BCUT2D eigenvalue weighted by atomic mass is 16.6. The lowest BCUT2D eigenvalue weighted by molar-refractivity contribution is -0.385. The van der Waals surface area contributed by atoms with Gasteiger partial charge in [0, 0.05) is 0 Å². The number of alkyl carbamates (subject to hydrolysis) is 1. The van der Waals surface area contributed by atoms with Crippen LogP contribution in [0.15, 0.2) is 12.4 Å². The first-order valence-electron chi connectivity index (χ1n) is 6.16. The summed E-state index contributed by atoms with van der Waals surface area (Å²) in [7, 11) is 0. The number of nitrogens with one attached hydrogen (secondary N) is 1. The molecule has 0 fully saturated rings. The Labute approximate surface area is 117 Å². The molecule has 1 heterocycles. The summed E-state index contributed by atoms with van der Waals surface area (Å²) in [5, 5.41) is 17.2. The number of aromatic nitrogens is 2. The van der Waals surface area contributed by atoms with Gasteiger partial charge < -0.3 is 10.1 Å². The highest BCUT2D eigenvalue weighted by Crippen LogP contribution is 2.13. The second kappa shape index (κ2) is 5.48. The topological polar surface area (TPSA) is 99.3 Å². The molecule has 112 valence electrons. The first-order valence-corrected chi connectivity index (χ1v) is 6.16. The van der Waals surface area contributed by atoms with Crippen LogP contribution in [-0.4, -0.2) is 31.9 Å². The van der Waals surface area contributed by atoms with E-state index in [4.69, 9.17) is 4.74 Å². The van der Waals surface area contributed by atoms with E-state index in [1.165, 1.54) is 17.1 Å². The van der Waals surface area contributed by atoms with Crippen LogP contribution in [0.5, 0.6) is 0 Å². The van der Waals surface area contributed by atoms with Crippen LogP contribution in [0.25, 0.3) is 0 Å². The van der Waals surface area contributed by atoms with Crippen LogP contribution < -0.4 is 5.32 Å². The molecule has 0 aliphatic heterocycles. The van der Waals surface area contributed by atoms with E-state index in [2.05, 4.69) is 10.4 Å². The largest absolute Gasteiger partial charge is 0.444 e. The van der Waals surface area contributed by atoms with E-state index in [9.17, 15) is 14.9 Å². The minimum absolute atomic E-state index is 0.0851. The zero-order chi connectivity index (χ0) is 15.6. The molecule has 20 heavy (non-hydrogen) atoms. The Bertz CT molecular complexity index is 502. The molecular formula is C12H20N4O4. The Morgan fingerprint density at radius 3 is 2.50 bits per heavy atom. The van der Waals surface area contributed by atoms with Crippen molar-refractivity contribution in [1.82, 2.24) is 15.1 Å². The van der Waals surface area contributed by atoms with Crippen LogP contribution in [0.2, 0.25) is 0 Å². The second-order valence-corrected chi connectivity index (χ2v) is 6.16. The van der Waals surface area contributed by atoms with Gasteiger partial charge in [0.05, 0.1) is 17.0 Å². The third-order valence-corrected chi connectivity index (χ3v) is 2.23. The number of nitro groups is 1. The zero-order valence-electron chi connectivity index (χ0n) is 12.3. The van der Waals surface area contributed by atoms with Crippen molar-refractivity contribution in [2.45, 2.75) is 52.3 Å². The number of hydrogen-bond donors (Lipinski definition) is 1. The fourth-order valence-corrected chi connectivity index (χ4v) is 1.56. The number of rotatable bonds is 4. The molecular weight excluding hydrogens is 264 g/mol. The van der Waals surface area contributed by atoms with Gasteiger partial charge in [0.15, 0.2) is 0 Å². The van der Waals surface area contributed by atoms with E-state index in [-0.39, 0.29) is 5.69 Å². The standard InChI is InChI=1S/C12H20N4O4/c1-11(2,3)20-10(17)14-12(4,5)8-15-7-9(6-13-15)16(18)19/h6-7H,8H2,1-5H3,(H,14,17). The zero-order valence-corrected chi connectivity index (χ0v) is 12.3. The maximum atomic E-state index is 11.7. The smallest absolute Gasteiger partial charge is 0.408 e. The van der Waals surface area contributed by atoms with Gasteiger partial charge in [-0.1, -0.05) is 0 Å². The van der Waals surface area contributed by atoms with Crippen LogP contribution in [0.3, 0.4) is 0 Å². The Morgan fingerprint density at radius 2 is 2.05 bits per heavy atom. The van der Waals surface area contributed by atoms with Gasteiger partial charge in [0.2, 0.25) is 0 Å². The van der Waals surface area contributed by atoms with Crippen molar-refractivity contribution in [1.29, 1.82) is 0 Å². The van der Waals surface area contributed by atoms with Crippen molar-refractivity contribution in [3.8, 4) is 0 Å². The summed E-state index contributed by atoms with van der Waals surface area (Å²) in [6, 6.07) is 0. The Hall–Kier alpha value is -2.12. The summed E-state index contributed by atoms with van der Waals surface area (Å²) in [6.45, 7) is 9.18. The van der Waals surface area contributed by atoms with E-state index < -0.39 is 22.2 Å². The van der Waals surface area contributed by atoms with Crippen molar-refractivity contribution >= 4 is 11.8 Å². The van der Waals surface area contributed by atoms with Crippen LogP contribution in [0.4, 0.5) is 10.5 Å². The molecule has 0 aromatic carbocycles. The minimum Gasteiger partial charge on any atom is -0.444 e. The molecule has 1 N–H and O–H groups in total. The van der Waals surface area contributed by atoms with E-state index in [1.54, 1.807) is 34.6 Å². The monoisotopic (exact) mass is 284 g/mol. The molecule has 0 saturated heterocycles. The Kier molecular flexibility index (Phi) is 4.36. The Morgan fingerprint density at radius 1 is 1.45 bits per heavy atom. The van der Waals surface area contributed by atoms with Crippen molar-refractivity contribution in [2.75, 3.05) is 0 Å². The summed E-state index contributed by atoms with van der Waals surface area (Å²) in [5.74, 6) is 0. The number of hydrogen-bond acceptors (Lipinski definition) is 5. The number of ether oxygens (including phenoxy) is 1. The molecule has 0 aliphatic rings. The maximum absolute atomic E-state index is 11.7. The highest BCUT2D eigenvalue weighted by Gasteiger charge is 2.26. The molecule has 1 aromatic heterocycles. The number of carbonyl (C=O) groups is 1. The molecule has 1 rings (SSSR count). The van der Waals surface area contributed by atoms with E-state index in [0.717, 1.165) is 0 Å². The van der Waals surface area contributed by atoms with Crippen molar-refractivity contribution in [2.24, 2.45) is 0 Å². The van der Waals surface area contributed by atoms with Gasteiger partial charge in [0.1, 0.15) is 18.0 Å². The van der Waals surface area contributed by atoms with Crippen LogP contribution in [-0.2, 0) is 11.3 Å². The Balaban J connectivity index is 2.64. The quantitative estimate of drug-likeness (QED) is 0.674. The fraction of sp³-hybridized carbons (Fsp3) is 0.667. The summed E-state index contributed by atoms with van der Waals surface area (Å²) in [4.78, 5) is 21.8. The van der Waals surface area contributed by atoms with Crippen molar-refractivity contribution in [3.63, 3.8) is 0 Å². The summed E-state index contributed by atoms with van der Waals surface area (Å²) in [6.07, 6.45) is 1.95. The minimum atomic E-state index is -0.651. The highest BCUT2D eigenvalue weighted by molar-refractivity contribution is 5.68. The van der Waals surface area contributed by atoms with Crippen LogP contribution in [0, 0.1) is 10.1 Å². The van der Waals surface area contributed by atoms with E-state index in [1.807, 2.05) is 0 Å². The lowest BCUT2D eigenvalue weighted by Crippen LogP contribution is -2.48. The first kappa shape index (κ1) is 15.9. The molecule has 0 atom stereocenters. The number of carbonyl (C=O) groups excluding carboxylic acids is 1. The lowest BCUT2D eigenvalue weighted by Gasteiger charge is -2.28. The molecule has 0 unspecified atom stereocenters. The van der Waals surface area contributed by atoms with Gasteiger partial charge in [-0.05, 0) is 34.6 Å². The molecule has 0 radical (unpaired) electrons. The summed E-state index contributed by atoms with van der Waals surface area (Å²) in [5.41, 5.74) is -1.31. The molecule has 8 nitrogen and oxygen atoms in total. The van der Waals surface area contributed by atoms with E-state index >= 15 is 0 Å². The van der Waals surface area contributed by atoms with Crippen LogP contribution in [0.1, 0.15) is 34.6 Å². The SMILES string of the molecule is CC(C)(Cn1cc([N+](=O)[O-])cn1)NC(=O)OC(C)(C)C. The van der Waals surface area contributed by atoms with E-state index in [0.29, 0.717) is 6.54 Å². The first-order chi connectivity index (χ1) is 8.98. The molecule has 0 spiro atoms. The van der Waals surface area contributed by atoms with Gasteiger partial charge in [0.25, 0.3) is 0 Å². The molecule has 0 saturated carbocycles. The summed E-state index contributed by atoms with van der Waals surface area (Å²) < 4.78 is 6.58. The van der Waals surface area contributed by atoms with Gasteiger partial charge >= 0.3 is 11.8 Å². The maximum Gasteiger partial charge on any atom is 0.408 e.